The Morgan fingerprint density at radius 1 is 1.00 bits per heavy atom. The lowest BCUT2D eigenvalue weighted by Crippen LogP contribution is -1.91. The number of aromatic nitrogens is 5. The van der Waals surface area contributed by atoms with Crippen molar-refractivity contribution in [3.63, 3.8) is 0 Å². The molecule has 0 fully saturated rings. The lowest BCUT2D eigenvalue weighted by molar-refractivity contribution is 0.768. The SMILES string of the molecule is Cn1cc(-c2cnc3c(cnn3C)c2)cn1. The second kappa shape index (κ2) is 3.16. The van der Waals surface area contributed by atoms with E-state index in [9.17, 15) is 0 Å². The van der Waals surface area contributed by atoms with Crippen LogP contribution in [0.25, 0.3) is 22.2 Å². The fourth-order valence-electron chi connectivity index (χ4n) is 1.77. The fraction of sp³-hybridized carbons (Fsp3) is 0.182. The van der Waals surface area contributed by atoms with E-state index in [4.69, 9.17) is 0 Å². The van der Waals surface area contributed by atoms with Crippen LogP contribution in [-0.2, 0) is 14.1 Å². The molecule has 80 valence electrons. The molecule has 0 aliphatic rings. The standard InChI is InChI=1S/C11H11N5/c1-15-7-10(6-13-15)8-3-9-5-14-16(2)11(9)12-4-8/h3-7H,1-2H3. The average molecular weight is 213 g/mol. The van der Waals surface area contributed by atoms with Crippen LogP contribution < -0.4 is 0 Å². The molecule has 0 saturated carbocycles. The molecule has 0 radical (unpaired) electrons. The van der Waals surface area contributed by atoms with E-state index < -0.39 is 0 Å². The third kappa shape index (κ3) is 1.29. The first-order valence-electron chi connectivity index (χ1n) is 5.01. The first-order chi connectivity index (χ1) is 7.74. The zero-order chi connectivity index (χ0) is 11.1. The normalized spacial score (nSPS) is 11.1. The lowest BCUT2D eigenvalue weighted by atomic mass is 10.1. The number of rotatable bonds is 1. The van der Waals surface area contributed by atoms with Gasteiger partial charge in [0.1, 0.15) is 0 Å². The van der Waals surface area contributed by atoms with Crippen LogP contribution >= 0.6 is 0 Å². The van der Waals surface area contributed by atoms with Crippen molar-refractivity contribution < 1.29 is 0 Å². The molecule has 0 N–H and O–H groups in total. The maximum absolute atomic E-state index is 4.39. The predicted octanol–water partition coefficient (Wildman–Crippen LogP) is 1.37. The maximum atomic E-state index is 4.39. The molecular weight excluding hydrogens is 202 g/mol. The Morgan fingerprint density at radius 2 is 1.88 bits per heavy atom. The smallest absolute Gasteiger partial charge is 0.157 e. The van der Waals surface area contributed by atoms with Gasteiger partial charge in [0.2, 0.25) is 0 Å². The molecule has 0 aliphatic carbocycles. The minimum absolute atomic E-state index is 0.896. The molecule has 5 heteroatoms. The third-order valence-corrected chi connectivity index (χ3v) is 2.61. The van der Waals surface area contributed by atoms with Gasteiger partial charge in [-0.3, -0.25) is 9.36 Å². The molecule has 0 bridgehead atoms. The fourth-order valence-corrected chi connectivity index (χ4v) is 1.77. The van der Waals surface area contributed by atoms with Gasteiger partial charge < -0.3 is 0 Å². The molecule has 0 amide bonds. The van der Waals surface area contributed by atoms with Gasteiger partial charge >= 0.3 is 0 Å². The summed E-state index contributed by atoms with van der Waals surface area (Å²) in [5, 5.41) is 9.36. The Kier molecular flexibility index (Phi) is 1.80. The van der Waals surface area contributed by atoms with Gasteiger partial charge in [-0.2, -0.15) is 10.2 Å². The molecule has 3 rings (SSSR count). The van der Waals surface area contributed by atoms with E-state index in [1.807, 2.05) is 38.9 Å². The maximum Gasteiger partial charge on any atom is 0.157 e. The monoisotopic (exact) mass is 213 g/mol. The second-order valence-electron chi connectivity index (χ2n) is 3.81. The molecule has 0 aliphatic heterocycles. The third-order valence-electron chi connectivity index (χ3n) is 2.61. The van der Waals surface area contributed by atoms with Gasteiger partial charge in [-0.15, -0.1) is 0 Å². The Labute approximate surface area is 92.3 Å². The second-order valence-corrected chi connectivity index (χ2v) is 3.81. The van der Waals surface area contributed by atoms with Gasteiger partial charge in [0.15, 0.2) is 5.65 Å². The topological polar surface area (TPSA) is 48.5 Å². The number of pyridine rings is 1. The van der Waals surface area contributed by atoms with Crippen molar-refractivity contribution in [2.75, 3.05) is 0 Å². The first-order valence-corrected chi connectivity index (χ1v) is 5.01. The molecule has 0 aromatic carbocycles. The van der Waals surface area contributed by atoms with E-state index in [2.05, 4.69) is 21.2 Å². The Balaban J connectivity index is 2.18. The van der Waals surface area contributed by atoms with E-state index >= 15 is 0 Å². The number of hydrogen-bond donors (Lipinski definition) is 0. The summed E-state index contributed by atoms with van der Waals surface area (Å²) in [5.74, 6) is 0. The van der Waals surface area contributed by atoms with Crippen LogP contribution in [-0.4, -0.2) is 24.5 Å². The highest BCUT2D eigenvalue weighted by atomic mass is 15.3. The van der Waals surface area contributed by atoms with Crippen molar-refractivity contribution in [1.82, 2.24) is 24.5 Å². The van der Waals surface area contributed by atoms with Gasteiger partial charge in [-0.1, -0.05) is 0 Å². The summed E-state index contributed by atoms with van der Waals surface area (Å²) >= 11 is 0. The molecule has 16 heavy (non-hydrogen) atoms. The summed E-state index contributed by atoms with van der Waals surface area (Å²) in [4.78, 5) is 4.39. The minimum Gasteiger partial charge on any atom is -0.275 e. The molecule has 0 spiro atoms. The average Bonchev–Trinajstić information content (AvgIpc) is 2.86. The molecule has 5 nitrogen and oxygen atoms in total. The van der Waals surface area contributed by atoms with Crippen LogP contribution in [0.15, 0.2) is 30.9 Å². The van der Waals surface area contributed by atoms with E-state index in [1.54, 1.807) is 9.36 Å². The highest BCUT2D eigenvalue weighted by Gasteiger charge is 2.05. The number of hydrogen-bond acceptors (Lipinski definition) is 3. The molecule has 0 atom stereocenters. The van der Waals surface area contributed by atoms with Crippen LogP contribution in [0.3, 0.4) is 0 Å². The van der Waals surface area contributed by atoms with E-state index in [-0.39, 0.29) is 0 Å². The van der Waals surface area contributed by atoms with Crippen LogP contribution in [0.2, 0.25) is 0 Å². The zero-order valence-corrected chi connectivity index (χ0v) is 9.12. The van der Waals surface area contributed by atoms with E-state index in [1.165, 1.54) is 0 Å². The number of fused-ring (bicyclic) bond motifs is 1. The van der Waals surface area contributed by atoms with Crippen molar-refractivity contribution >= 4 is 11.0 Å². The van der Waals surface area contributed by atoms with Crippen molar-refractivity contribution in [3.05, 3.63) is 30.9 Å². The summed E-state index contributed by atoms with van der Waals surface area (Å²) in [6.07, 6.45) is 7.47. The molecule has 3 aromatic rings. The zero-order valence-electron chi connectivity index (χ0n) is 9.12. The molecule has 0 saturated heterocycles. The number of nitrogens with zero attached hydrogens (tertiary/aromatic N) is 5. The van der Waals surface area contributed by atoms with Crippen molar-refractivity contribution in [3.8, 4) is 11.1 Å². The Bertz CT molecular complexity index is 649. The Morgan fingerprint density at radius 3 is 2.62 bits per heavy atom. The van der Waals surface area contributed by atoms with Crippen LogP contribution in [0, 0.1) is 0 Å². The highest BCUT2D eigenvalue weighted by molar-refractivity contribution is 5.80. The van der Waals surface area contributed by atoms with Crippen LogP contribution in [0.5, 0.6) is 0 Å². The van der Waals surface area contributed by atoms with Gasteiger partial charge in [0.25, 0.3) is 0 Å². The summed E-state index contributed by atoms with van der Waals surface area (Å²) in [6, 6.07) is 2.08. The minimum atomic E-state index is 0.896. The quantitative estimate of drug-likeness (QED) is 0.613. The molecule has 0 unspecified atom stereocenters. The van der Waals surface area contributed by atoms with Crippen molar-refractivity contribution in [1.29, 1.82) is 0 Å². The Hall–Kier alpha value is -2.17. The van der Waals surface area contributed by atoms with Gasteiger partial charge in [0.05, 0.1) is 12.4 Å². The van der Waals surface area contributed by atoms with E-state index in [0.29, 0.717) is 0 Å². The molecule has 3 aromatic heterocycles. The molecular formula is C11H11N5. The van der Waals surface area contributed by atoms with Crippen LogP contribution in [0.1, 0.15) is 0 Å². The summed E-state index contributed by atoms with van der Waals surface area (Å²) < 4.78 is 3.55. The largest absolute Gasteiger partial charge is 0.275 e. The van der Waals surface area contributed by atoms with Crippen molar-refractivity contribution in [2.24, 2.45) is 14.1 Å². The van der Waals surface area contributed by atoms with Crippen molar-refractivity contribution in [2.45, 2.75) is 0 Å². The summed E-state index contributed by atoms with van der Waals surface area (Å²) in [6.45, 7) is 0. The van der Waals surface area contributed by atoms with Crippen LogP contribution in [0.4, 0.5) is 0 Å². The van der Waals surface area contributed by atoms with E-state index in [0.717, 1.165) is 22.2 Å². The first kappa shape index (κ1) is 9.08. The van der Waals surface area contributed by atoms with Gasteiger partial charge in [-0.05, 0) is 6.07 Å². The predicted molar refractivity (Wildman–Crippen MR) is 60.7 cm³/mol. The summed E-state index contributed by atoms with van der Waals surface area (Å²) in [5.41, 5.74) is 3.03. The summed E-state index contributed by atoms with van der Waals surface area (Å²) in [7, 11) is 3.79. The lowest BCUT2D eigenvalue weighted by Gasteiger charge is -1.97. The van der Waals surface area contributed by atoms with Gasteiger partial charge in [-0.25, -0.2) is 4.98 Å². The molecule has 3 heterocycles. The highest BCUT2D eigenvalue weighted by Crippen LogP contribution is 2.21. The van der Waals surface area contributed by atoms with Gasteiger partial charge in [0, 0.05) is 43.0 Å². The number of aryl methyl sites for hydroxylation is 2.